The van der Waals surface area contributed by atoms with E-state index < -0.39 is 29.3 Å². The molecule has 1 aliphatic heterocycles. The Hall–Kier alpha value is -1.63. The van der Waals surface area contributed by atoms with E-state index in [2.05, 4.69) is 15.9 Å². The molecular weight excluding hydrogens is 429 g/mol. The van der Waals surface area contributed by atoms with Crippen molar-refractivity contribution in [2.24, 2.45) is 5.92 Å². The standard InChI is InChI=1S/C21H29BrFNO4/c1-20(2,3)27-18(25)17-10-14(7-13-8-15(22)11-16(23)9-13)12-24(17)19(26)28-21(4,5)6/h8-9,11,14,17H,7,10,12H2,1-6H3. The second kappa shape index (κ2) is 8.39. The van der Waals surface area contributed by atoms with Gasteiger partial charge in [0.2, 0.25) is 0 Å². The van der Waals surface area contributed by atoms with Gasteiger partial charge in [0, 0.05) is 11.0 Å². The Morgan fingerprint density at radius 3 is 2.25 bits per heavy atom. The zero-order chi connectivity index (χ0) is 21.3. The molecule has 1 heterocycles. The van der Waals surface area contributed by atoms with Crippen molar-refractivity contribution in [2.75, 3.05) is 6.54 Å². The molecule has 0 aliphatic carbocycles. The SMILES string of the molecule is CC(C)(C)OC(=O)C1CC(Cc2cc(F)cc(Br)c2)CN1C(=O)OC(C)(C)C. The third-order valence-electron chi connectivity index (χ3n) is 4.14. The van der Waals surface area contributed by atoms with Gasteiger partial charge in [-0.05, 0) is 84.1 Å². The molecule has 1 aromatic rings. The first-order valence-electron chi connectivity index (χ1n) is 9.41. The van der Waals surface area contributed by atoms with Gasteiger partial charge < -0.3 is 9.47 Å². The summed E-state index contributed by atoms with van der Waals surface area (Å²) in [5.41, 5.74) is -0.505. The van der Waals surface area contributed by atoms with E-state index in [0.29, 0.717) is 23.9 Å². The zero-order valence-corrected chi connectivity index (χ0v) is 18.9. The van der Waals surface area contributed by atoms with Gasteiger partial charge in [-0.2, -0.15) is 0 Å². The van der Waals surface area contributed by atoms with Crippen LogP contribution in [-0.2, 0) is 20.7 Å². The van der Waals surface area contributed by atoms with Crippen LogP contribution in [0.4, 0.5) is 9.18 Å². The van der Waals surface area contributed by atoms with Crippen LogP contribution in [0.5, 0.6) is 0 Å². The third kappa shape index (κ3) is 6.76. The highest BCUT2D eigenvalue weighted by Gasteiger charge is 2.43. The lowest BCUT2D eigenvalue weighted by Gasteiger charge is -2.29. The van der Waals surface area contributed by atoms with Crippen molar-refractivity contribution in [3.63, 3.8) is 0 Å². The van der Waals surface area contributed by atoms with Gasteiger partial charge in [-0.1, -0.05) is 15.9 Å². The number of halogens is 2. The number of ether oxygens (including phenoxy) is 2. The summed E-state index contributed by atoms with van der Waals surface area (Å²) in [5.74, 6) is -0.768. The molecule has 7 heteroatoms. The summed E-state index contributed by atoms with van der Waals surface area (Å²) in [4.78, 5) is 26.8. The van der Waals surface area contributed by atoms with Gasteiger partial charge >= 0.3 is 12.1 Å². The fourth-order valence-electron chi connectivity index (χ4n) is 3.25. The van der Waals surface area contributed by atoms with Gasteiger partial charge in [-0.25, -0.2) is 14.0 Å². The van der Waals surface area contributed by atoms with Crippen LogP contribution in [0.15, 0.2) is 22.7 Å². The first-order chi connectivity index (χ1) is 12.7. The largest absolute Gasteiger partial charge is 0.458 e. The number of esters is 1. The maximum absolute atomic E-state index is 13.7. The van der Waals surface area contributed by atoms with Gasteiger partial charge in [0.25, 0.3) is 0 Å². The van der Waals surface area contributed by atoms with Gasteiger partial charge in [0.05, 0.1) is 0 Å². The van der Waals surface area contributed by atoms with Gasteiger partial charge in [0.1, 0.15) is 23.1 Å². The zero-order valence-electron chi connectivity index (χ0n) is 17.3. The Kier molecular flexibility index (Phi) is 6.79. The van der Waals surface area contributed by atoms with Gasteiger partial charge in [-0.3, -0.25) is 4.90 Å². The molecule has 1 saturated heterocycles. The Morgan fingerprint density at radius 1 is 1.11 bits per heavy atom. The van der Waals surface area contributed by atoms with Crippen LogP contribution in [0.25, 0.3) is 0 Å². The fraction of sp³-hybridized carbons (Fsp3) is 0.619. The van der Waals surface area contributed by atoms with E-state index in [4.69, 9.17) is 9.47 Å². The van der Waals surface area contributed by atoms with Crippen molar-refractivity contribution in [1.29, 1.82) is 0 Å². The van der Waals surface area contributed by atoms with E-state index >= 15 is 0 Å². The predicted octanol–water partition coefficient (Wildman–Crippen LogP) is 5.10. The summed E-state index contributed by atoms with van der Waals surface area (Å²) < 4.78 is 25.3. The molecule has 1 aliphatic rings. The van der Waals surface area contributed by atoms with Crippen LogP contribution in [0, 0.1) is 11.7 Å². The highest BCUT2D eigenvalue weighted by Crippen LogP contribution is 2.30. The maximum atomic E-state index is 13.7. The summed E-state index contributed by atoms with van der Waals surface area (Å²) in [5, 5.41) is 0. The second-order valence-electron chi connectivity index (χ2n) is 9.27. The number of carbonyl (C=O) groups excluding carboxylic acids is 2. The van der Waals surface area contributed by atoms with Crippen molar-refractivity contribution in [3.8, 4) is 0 Å². The van der Waals surface area contributed by atoms with Gasteiger partial charge in [0.15, 0.2) is 0 Å². The minimum Gasteiger partial charge on any atom is -0.458 e. The number of carbonyl (C=O) groups is 2. The van der Waals surface area contributed by atoms with Crippen molar-refractivity contribution in [1.82, 2.24) is 4.90 Å². The Labute approximate surface area is 174 Å². The number of amides is 1. The van der Waals surface area contributed by atoms with Gasteiger partial charge in [-0.15, -0.1) is 0 Å². The number of likely N-dealkylation sites (tertiary alicyclic amines) is 1. The number of benzene rings is 1. The van der Waals surface area contributed by atoms with E-state index in [9.17, 15) is 14.0 Å². The molecule has 0 N–H and O–H groups in total. The number of rotatable bonds is 3. The second-order valence-corrected chi connectivity index (χ2v) is 10.2. The average molecular weight is 458 g/mol. The van der Waals surface area contributed by atoms with E-state index in [1.807, 2.05) is 6.07 Å². The molecule has 1 aromatic carbocycles. The van der Waals surface area contributed by atoms with Crippen LogP contribution in [-0.4, -0.2) is 40.8 Å². The molecule has 0 saturated carbocycles. The number of hydrogen-bond acceptors (Lipinski definition) is 4. The highest BCUT2D eigenvalue weighted by atomic mass is 79.9. The molecule has 0 bridgehead atoms. The molecule has 2 rings (SSSR count). The first-order valence-corrected chi connectivity index (χ1v) is 10.2. The molecule has 0 aromatic heterocycles. The molecule has 156 valence electrons. The quantitative estimate of drug-likeness (QED) is 0.592. The molecule has 0 spiro atoms. The lowest BCUT2D eigenvalue weighted by atomic mass is 9.96. The lowest BCUT2D eigenvalue weighted by molar-refractivity contribution is -0.160. The van der Waals surface area contributed by atoms with Crippen molar-refractivity contribution in [3.05, 3.63) is 34.1 Å². The highest BCUT2D eigenvalue weighted by molar-refractivity contribution is 9.10. The first kappa shape index (κ1) is 22.7. The Bertz CT molecular complexity index is 683. The van der Waals surface area contributed by atoms with E-state index in [1.165, 1.54) is 17.0 Å². The smallest absolute Gasteiger partial charge is 0.411 e. The summed E-state index contributed by atoms with van der Waals surface area (Å²) in [7, 11) is 0. The van der Waals surface area contributed by atoms with Crippen LogP contribution in [0.2, 0.25) is 0 Å². The minimum absolute atomic E-state index is 0.00117. The van der Waals surface area contributed by atoms with Crippen LogP contribution >= 0.6 is 15.9 Å². The molecule has 5 nitrogen and oxygen atoms in total. The predicted molar refractivity (Wildman–Crippen MR) is 108 cm³/mol. The number of nitrogens with zero attached hydrogens (tertiary/aromatic N) is 1. The number of hydrogen-bond donors (Lipinski definition) is 0. The lowest BCUT2D eigenvalue weighted by Crippen LogP contribution is -2.45. The summed E-state index contributed by atoms with van der Waals surface area (Å²) in [6.45, 7) is 11.1. The molecule has 2 atom stereocenters. The monoisotopic (exact) mass is 457 g/mol. The van der Waals surface area contributed by atoms with Crippen molar-refractivity contribution >= 4 is 28.0 Å². The maximum Gasteiger partial charge on any atom is 0.411 e. The molecule has 1 fully saturated rings. The third-order valence-corrected chi connectivity index (χ3v) is 4.60. The molecular formula is C21H29BrFNO4. The summed E-state index contributed by atoms with van der Waals surface area (Å²) in [6.07, 6.45) is 0.461. The van der Waals surface area contributed by atoms with Crippen LogP contribution in [0.1, 0.15) is 53.5 Å². The Morgan fingerprint density at radius 2 is 1.71 bits per heavy atom. The average Bonchev–Trinajstić information content (AvgIpc) is 2.86. The van der Waals surface area contributed by atoms with Crippen molar-refractivity contribution in [2.45, 2.75) is 71.6 Å². The topological polar surface area (TPSA) is 55.8 Å². The van der Waals surface area contributed by atoms with E-state index in [-0.39, 0.29) is 11.7 Å². The molecule has 1 amide bonds. The van der Waals surface area contributed by atoms with Crippen LogP contribution < -0.4 is 0 Å². The van der Waals surface area contributed by atoms with Crippen molar-refractivity contribution < 1.29 is 23.5 Å². The molecule has 28 heavy (non-hydrogen) atoms. The Balaban J connectivity index is 2.19. The molecule has 0 radical (unpaired) electrons. The minimum atomic E-state index is -0.712. The fourth-order valence-corrected chi connectivity index (χ4v) is 3.76. The summed E-state index contributed by atoms with van der Waals surface area (Å²) >= 11 is 3.30. The van der Waals surface area contributed by atoms with E-state index in [1.54, 1.807) is 41.5 Å². The molecule has 2 unspecified atom stereocenters. The summed E-state index contributed by atoms with van der Waals surface area (Å²) in [6, 6.07) is 4.01. The van der Waals surface area contributed by atoms with Crippen LogP contribution in [0.3, 0.4) is 0 Å². The van der Waals surface area contributed by atoms with E-state index in [0.717, 1.165) is 5.56 Å². The normalized spacial score (nSPS) is 20.2.